The largest absolute Gasteiger partial charge is 0.472 e. The van der Waals surface area contributed by atoms with Crippen LogP contribution in [-0.4, -0.2) is 40.8 Å². The first-order valence-corrected chi connectivity index (χ1v) is 11.7. The third-order valence-corrected chi connectivity index (χ3v) is 8.16. The van der Waals surface area contributed by atoms with Crippen molar-refractivity contribution < 1.29 is 37.8 Å². The summed E-state index contributed by atoms with van der Waals surface area (Å²) in [5.41, 5.74) is -0.993. The summed E-state index contributed by atoms with van der Waals surface area (Å²) in [7, 11) is 1.28. The summed E-state index contributed by atoms with van der Waals surface area (Å²) in [4.78, 5) is 60.6. The van der Waals surface area contributed by atoms with Gasteiger partial charge in [-0.05, 0) is 42.2 Å². The number of Topliss-reactive ketones (excluding diaryl/α,β-unsaturated/α-hetero) is 1. The number of fused-ring (bicyclic) bond motifs is 3. The Hall–Kier alpha value is -3.82. The van der Waals surface area contributed by atoms with Crippen molar-refractivity contribution in [2.24, 2.45) is 28.6 Å². The lowest BCUT2D eigenvalue weighted by Crippen LogP contribution is -2.61. The second-order valence-corrected chi connectivity index (χ2v) is 10.1. The molecular formula is C26H26N2O8. The van der Waals surface area contributed by atoms with Gasteiger partial charge in [-0.1, -0.05) is 13.8 Å². The number of hydrogen-bond acceptors (Lipinski definition) is 10. The van der Waals surface area contributed by atoms with Gasteiger partial charge in [0.2, 0.25) is 5.78 Å². The van der Waals surface area contributed by atoms with E-state index in [0.29, 0.717) is 24.8 Å². The molecule has 0 unspecified atom stereocenters. The molecule has 1 saturated carbocycles. The van der Waals surface area contributed by atoms with Crippen molar-refractivity contribution in [2.45, 2.75) is 39.2 Å². The van der Waals surface area contributed by atoms with Gasteiger partial charge >= 0.3 is 17.9 Å². The molecule has 2 aliphatic carbocycles. The number of ketones is 1. The van der Waals surface area contributed by atoms with E-state index in [-0.39, 0.29) is 11.3 Å². The maximum absolute atomic E-state index is 14.0. The van der Waals surface area contributed by atoms with E-state index in [1.807, 2.05) is 13.8 Å². The van der Waals surface area contributed by atoms with Gasteiger partial charge in [0.25, 0.3) is 0 Å². The molecule has 0 spiro atoms. The normalized spacial score (nSPS) is 33.5. The first kappa shape index (κ1) is 23.9. The highest BCUT2D eigenvalue weighted by Gasteiger charge is 2.66. The monoisotopic (exact) mass is 494 g/mol. The summed E-state index contributed by atoms with van der Waals surface area (Å²) in [5, 5.41) is 0. The van der Waals surface area contributed by atoms with Crippen LogP contribution >= 0.6 is 0 Å². The highest BCUT2D eigenvalue weighted by Crippen LogP contribution is 2.64. The van der Waals surface area contributed by atoms with Crippen molar-refractivity contribution in [3.05, 3.63) is 60.3 Å². The Kier molecular flexibility index (Phi) is 5.77. The quantitative estimate of drug-likeness (QED) is 0.460. The number of allylic oxidation sites excluding steroid dienone is 1. The van der Waals surface area contributed by atoms with Gasteiger partial charge in [0, 0.05) is 23.9 Å². The van der Waals surface area contributed by atoms with Gasteiger partial charge in [0.05, 0.1) is 37.0 Å². The van der Waals surface area contributed by atoms with Crippen molar-refractivity contribution in [3.8, 4) is 0 Å². The number of ether oxygens (including phenoxy) is 3. The molecule has 10 nitrogen and oxygen atoms in total. The number of methoxy groups -OCH3 is 1. The molecule has 3 heterocycles. The number of nitrogens with zero attached hydrogens (tertiary/aromatic N) is 2. The summed E-state index contributed by atoms with van der Waals surface area (Å²) < 4.78 is 21.5. The Morgan fingerprint density at radius 3 is 2.56 bits per heavy atom. The Bertz CT molecular complexity index is 1240. The predicted molar refractivity (Wildman–Crippen MR) is 121 cm³/mol. The van der Waals surface area contributed by atoms with E-state index in [2.05, 4.69) is 9.97 Å². The van der Waals surface area contributed by atoms with E-state index in [9.17, 15) is 19.2 Å². The highest BCUT2D eigenvalue weighted by molar-refractivity contribution is 6.03. The fourth-order valence-corrected chi connectivity index (χ4v) is 6.45. The van der Waals surface area contributed by atoms with Crippen LogP contribution < -0.4 is 0 Å². The van der Waals surface area contributed by atoms with Crippen LogP contribution in [0.2, 0.25) is 0 Å². The molecule has 0 aromatic carbocycles. The van der Waals surface area contributed by atoms with Crippen molar-refractivity contribution >= 4 is 23.7 Å². The van der Waals surface area contributed by atoms with Gasteiger partial charge in [0.15, 0.2) is 5.76 Å². The summed E-state index contributed by atoms with van der Waals surface area (Å²) in [6.07, 6.45) is 8.80. The number of furan rings is 1. The Labute approximate surface area is 207 Å². The third-order valence-electron chi connectivity index (χ3n) is 8.16. The maximum Gasteiger partial charge on any atom is 0.346 e. The van der Waals surface area contributed by atoms with Gasteiger partial charge in [-0.25, -0.2) is 14.8 Å². The van der Waals surface area contributed by atoms with E-state index in [0.717, 1.165) is 0 Å². The minimum Gasteiger partial charge on any atom is -0.472 e. The van der Waals surface area contributed by atoms with Crippen LogP contribution in [0, 0.1) is 28.6 Å². The fraction of sp³-hybridized carbons (Fsp3) is 0.462. The zero-order valence-corrected chi connectivity index (χ0v) is 20.1. The second kappa shape index (κ2) is 8.69. The molecule has 6 atom stereocenters. The number of aromatic nitrogens is 2. The number of rotatable bonds is 4. The summed E-state index contributed by atoms with van der Waals surface area (Å²) in [6.45, 7) is 3.75. The van der Waals surface area contributed by atoms with E-state index in [4.69, 9.17) is 18.6 Å². The summed E-state index contributed by atoms with van der Waals surface area (Å²) in [6, 6.07) is 1.72. The van der Waals surface area contributed by atoms with Gasteiger partial charge in [-0.15, -0.1) is 0 Å². The van der Waals surface area contributed by atoms with Crippen molar-refractivity contribution in [1.82, 2.24) is 9.97 Å². The summed E-state index contributed by atoms with van der Waals surface area (Å²) in [5.74, 6) is -4.67. The molecule has 1 aliphatic heterocycles. The van der Waals surface area contributed by atoms with Crippen LogP contribution in [0.15, 0.2) is 53.6 Å². The van der Waals surface area contributed by atoms with Crippen LogP contribution in [0.25, 0.3) is 0 Å². The lowest BCUT2D eigenvalue weighted by atomic mass is 9.44. The number of esters is 3. The topological polar surface area (TPSA) is 135 Å². The number of cyclic esters (lactones) is 1. The van der Waals surface area contributed by atoms with Gasteiger partial charge in [-0.2, -0.15) is 0 Å². The smallest absolute Gasteiger partial charge is 0.346 e. The lowest BCUT2D eigenvalue weighted by molar-refractivity contribution is -0.197. The summed E-state index contributed by atoms with van der Waals surface area (Å²) >= 11 is 0. The average molecular weight is 495 g/mol. The number of carbonyl (C=O) groups is 4. The first-order chi connectivity index (χ1) is 17.2. The van der Waals surface area contributed by atoms with E-state index in [1.165, 1.54) is 44.4 Å². The van der Waals surface area contributed by atoms with Gasteiger partial charge in [0.1, 0.15) is 12.4 Å². The van der Waals surface area contributed by atoms with Crippen molar-refractivity contribution in [3.63, 3.8) is 0 Å². The Balaban J connectivity index is 1.57. The molecule has 0 amide bonds. The van der Waals surface area contributed by atoms with E-state index in [1.54, 1.807) is 6.07 Å². The fourth-order valence-electron chi connectivity index (χ4n) is 6.45. The van der Waals surface area contributed by atoms with Gasteiger partial charge < -0.3 is 18.6 Å². The number of hydrogen-bond donors (Lipinski definition) is 0. The van der Waals surface area contributed by atoms with Gasteiger partial charge in [-0.3, -0.25) is 14.4 Å². The molecule has 5 rings (SSSR count). The van der Waals surface area contributed by atoms with E-state index < -0.39 is 58.4 Å². The zero-order chi connectivity index (χ0) is 25.7. The van der Waals surface area contributed by atoms with E-state index >= 15 is 0 Å². The molecule has 2 aromatic rings. The molecule has 2 aromatic heterocycles. The highest BCUT2D eigenvalue weighted by atomic mass is 16.6. The minimum atomic E-state index is -0.880. The van der Waals surface area contributed by atoms with Crippen LogP contribution in [0.3, 0.4) is 0 Å². The standard InChI is InChI=1S/C26H26N2O8/c1-25-6-4-16-24(32)36-19(14-5-7-34-12-14)9-26(16,2)21(25)20(29)18(8-17(25)23(31)33-3)35-22(30)15-10-27-13-28-11-15/h5,7-8,10-13,16-17,19,21H,4,6,9H2,1-3H3/t16-,17-,19-,21-,25-,26-/m0/s1. The van der Waals surface area contributed by atoms with Crippen molar-refractivity contribution in [1.29, 1.82) is 0 Å². The molecule has 3 aliphatic rings. The third kappa shape index (κ3) is 3.63. The molecule has 36 heavy (non-hydrogen) atoms. The SMILES string of the molecule is COC(=O)[C@@H]1C=C(OC(=O)c2cncnc2)C(=O)[C@H]2[C@@]1(C)CC[C@H]1C(=O)O[C@H](c3ccoc3)C[C@]21C. The second-order valence-electron chi connectivity index (χ2n) is 10.1. The molecule has 10 heteroatoms. The maximum atomic E-state index is 14.0. The molecule has 1 saturated heterocycles. The molecule has 0 radical (unpaired) electrons. The Morgan fingerprint density at radius 2 is 1.89 bits per heavy atom. The number of carbonyl (C=O) groups excluding carboxylic acids is 4. The van der Waals surface area contributed by atoms with Crippen LogP contribution in [-0.2, 0) is 28.6 Å². The molecule has 188 valence electrons. The minimum absolute atomic E-state index is 0.0585. The van der Waals surface area contributed by atoms with Crippen molar-refractivity contribution in [2.75, 3.05) is 7.11 Å². The van der Waals surface area contributed by atoms with Crippen LogP contribution in [0.1, 0.15) is 55.1 Å². The molecule has 0 bridgehead atoms. The predicted octanol–water partition coefficient (Wildman–Crippen LogP) is 3.21. The molecular weight excluding hydrogens is 468 g/mol. The zero-order valence-electron chi connectivity index (χ0n) is 20.1. The average Bonchev–Trinajstić information content (AvgIpc) is 3.40. The molecule has 2 fully saturated rings. The lowest BCUT2D eigenvalue weighted by Gasteiger charge is -2.59. The van der Waals surface area contributed by atoms with Crippen LogP contribution in [0.4, 0.5) is 0 Å². The Morgan fingerprint density at radius 1 is 1.14 bits per heavy atom. The van der Waals surface area contributed by atoms with Crippen LogP contribution in [0.5, 0.6) is 0 Å². The molecule has 0 N–H and O–H groups in total. The first-order valence-electron chi connectivity index (χ1n) is 11.7.